The van der Waals surface area contributed by atoms with Gasteiger partial charge in [0.05, 0.1) is 0 Å². The second-order valence-electron chi connectivity index (χ2n) is 7.14. The van der Waals surface area contributed by atoms with Crippen LogP contribution in [0, 0.1) is 18.8 Å². The first-order chi connectivity index (χ1) is 13.5. The molecule has 0 nitrogen and oxygen atoms in total. The average molecular weight is 374 g/mol. The van der Waals surface area contributed by atoms with E-state index in [1.54, 1.807) is 24.3 Å². The van der Waals surface area contributed by atoms with E-state index in [1.807, 2.05) is 43.3 Å². The lowest BCUT2D eigenvalue weighted by Gasteiger charge is -2.17. The van der Waals surface area contributed by atoms with Gasteiger partial charge in [-0.2, -0.15) is 0 Å². The SMILES string of the molecule is CCCc1ccc(CC(F)(F)c2ccc(C#Cc3ccc(C)cc3)cc2)cc1. The fourth-order valence-electron chi connectivity index (χ4n) is 3.05. The van der Waals surface area contributed by atoms with Gasteiger partial charge in [0.2, 0.25) is 0 Å². The van der Waals surface area contributed by atoms with E-state index in [-0.39, 0.29) is 12.0 Å². The molecule has 0 amide bonds. The Labute approximate surface area is 166 Å². The molecule has 3 rings (SSSR count). The van der Waals surface area contributed by atoms with Gasteiger partial charge in [-0.3, -0.25) is 0 Å². The van der Waals surface area contributed by atoms with Crippen molar-refractivity contribution in [1.82, 2.24) is 0 Å². The summed E-state index contributed by atoms with van der Waals surface area (Å²) in [6.07, 6.45) is 1.73. The third kappa shape index (κ3) is 5.30. The molecule has 28 heavy (non-hydrogen) atoms. The zero-order chi connectivity index (χ0) is 20.0. The fourth-order valence-corrected chi connectivity index (χ4v) is 3.05. The first kappa shape index (κ1) is 19.8. The highest BCUT2D eigenvalue weighted by Crippen LogP contribution is 2.32. The van der Waals surface area contributed by atoms with E-state index in [4.69, 9.17) is 0 Å². The summed E-state index contributed by atoms with van der Waals surface area (Å²) in [5.74, 6) is 3.19. The third-order valence-electron chi connectivity index (χ3n) is 4.70. The molecule has 0 aromatic heterocycles. The van der Waals surface area contributed by atoms with E-state index in [1.165, 1.54) is 23.3 Å². The van der Waals surface area contributed by atoms with Crippen LogP contribution in [-0.2, 0) is 18.8 Å². The predicted molar refractivity (Wildman–Crippen MR) is 112 cm³/mol. The van der Waals surface area contributed by atoms with E-state index in [2.05, 4.69) is 18.8 Å². The number of halogens is 2. The van der Waals surface area contributed by atoms with Gasteiger partial charge >= 0.3 is 0 Å². The van der Waals surface area contributed by atoms with Crippen molar-refractivity contribution < 1.29 is 8.78 Å². The molecular weight excluding hydrogens is 350 g/mol. The molecule has 0 saturated heterocycles. The number of aryl methyl sites for hydroxylation is 2. The Kier molecular flexibility index (Phi) is 6.26. The highest BCUT2D eigenvalue weighted by molar-refractivity contribution is 5.44. The van der Waals surface area contributed by atoms with Crippen molar-refractivity contribution in [3.8, 4) is 11.8 Å². The summed E-state index contributed by atoms with van der Waals surface area (Å²) in [7, 11) is 0. The summed E-state index contributed by atoms with van der Waals surface area (Å²) in [4.78, 5) is 0. The lowest BCUT2D eigenvalue weighted by molar-refractivity contribution is -0.00382. The van der Waals surface area contributed by atoms with Gasteiger partial charge in [0.25, 0.3) is 5.92 Å². The highest BCUT2D eigenvalue weighted by atomic mass is 19.3. The Morgan fingerprint density at radius 2 is 1.21 bits per heavy atom. The van der Waals surface area contributed by atoms with Gasteiger partial charge in [-0.05, 0) is 48.7 Å². The van der Waals surface area contributed by atoms with Crippen LogP contribution in [0.3, 0.4) is 0 Å². The number of hydrogen-bond acceptors (Lipinski definition) is 0. The van der Waals surface area contributed by atoms with Crippen molar-refractivity contribution in [2.24, 2.45) is 0 Å². The molecule has 3 aromatic rings. The van der Waals surface area contributed by atoms with Crippen molar-refractivity contribution in [2.45, 2.75) is 39.0 Å². The molecule has 0 bridgehead atoms. The van der Waals surface area contributed by atoms with Gasteiger partial charge in [-0.15, -0.1) is 0 Å². The van der Waals surface area contributed by atoms with Gasteiger partial charge in [-0.1, -0.05) is 79.3 Å². The zero-order valence-electron chi connectivity index (χ0n) is 16.3. The van der Waals surface area contributed by atoms with Crippen LogP contribution in [0.5, 0.6) is 0 Å². The Hall–Kier alpha value is -2.92. The first-order valence-corrected chi connectivity index (χ1v) is 9.61. The number of hydrogen-bond donors (Lipinski definition) is 0. The quantitative estimate of drug-likeness (QED) is 0.437. The van der Waals surface area contributed by atoms with Crippen LogP contribution in [0.25, 0.3) is 0 Å². The molecule has 0 heterocycles. The molecule has 0 saturated carbocycles. The predicted octanol–water partition coefficient (Wildman–Crippen LogP) is 6.68. The van der Waals surface area contributed by atoms with Gasteiger partial charge in [0.1, 0.15) is 0 Å². The Morgan fingerprint density at radius 3 is 1.75 bits per heavy atom. The fraction of sp³-hybridized carbons (Fsp3) is 0.231. The van der Waals surface area contributed by atoms with Crippen LogP contribution in [-0.4, -0.2) is 0 Å². The molecule has 142 valence electrons. The summed E-state index contributed by atoms with van der Waals surface area (Å²) < 4.78 is 29.3. The van der Waals surface area contributed by atoms with E-state index in [0.29, 0.717) is 5.56 Å². The molecular formula is C26H24F2. The number of benzene rings is 3. The molecule has 0 fully saturated rings. The Balaban J connectivity index is 1.70. The molecule has 2 heteroatoms. The molecule has 0 radical (unpaired) electrons. The third-order valence-corrected chi connectivity index (χ3v) is 4.70. The van der Waals surface area contributed by atoms with E-state index in [9.17, 15) is 8.78 Å². The minimum absolute atomic E-state index is 0.0195. The first-order valence-electron chi connectivity index (χ1n) is 9.61. The van der Waals surface area contributed by atoms with Crippen LogP contribution < -0.4 is 0 Å². The van der Waals surface area contributed by atoms with Crippen molar-refractivity contribution in [3.05, 3.63) is 106 Å². The van der Waals surface area contributed by atoms with Crippen molar-refractivity contribution >= 4 is 0 Å². The smallest absolute Gasteiger partial charge is 0.201 e. The molecule has 0 N–H and O–H groups in total. The summed E-state index contributed by atoms with van der Waals surface area (Å²) in [6, 6.07) is 21.7. The van der Waals surface area contributed by atoms with E-state index < -0.39 is 5.92 Å². The normalized spacial score (nSPS) is 11.0. The highest BCUT2D eigenvalue weighted by Gasteiger charge is 2.31. The number of alkyl halides is 2. The summed E-state index contributed by atoms with van der Waals surface area (Å²) in [6.45, 7) is 4.13. The lowest BCUT2D eigenvalue weighted by atomic mass is 9.98. The van der Waals surface area contributed by atoms with Crippen LogP contribution in [0.2, 0.25) is 0 Å². The minimum atomic E-state index is -2.91. The summed E-state index contributed by atoms with van der Waals surface area (Å²) in [5.41, 5.74) is 4.66. The molecule has 0 unspecified atom stereocenters. The minimum Gasteiger partial charge on any atom is -0.201 e. The second-order valence-corrected chi connectivity index (χ2v) is 7.14. The molecule has 0 atom stereocenters. The van der Waals surface area contributed by atoms with E-state index in [0.717, 1.165) is 24.0 Å². The lowest BCUT2D eigenvalue weighted by Crippen LogP contribution is -2.16. The van der Waals surface area contributed by atoms with Gasteiger partial charge in [0, 0.05) is 23.1 Å². The molecule has 3 aromatic carbocycles. The average Bonchev–Trinajstić information content (AvgIpc) is 2.69. The molecule has 0 aliphatic rings. The van der Waals surface area contributed by atoms with Gasteiger partial charge in [0.15, 0.2) is 0 Å². The maximum Gasteiger partial charge on any atom is 0.277 e. The summed E-state index contributed by atoms with van der Waals surface area (Å²) in [5, 5.41) is 0. The largest absolute Gasteiger partial charge is 0.277 e. The maximum atomic E-state index is 14.7. The Morgan fingerprint density at radius 1 is 0.714 bits per heavy atom. The van der Waals surface area contributed by atoms with Crippen molar-refractivity contribution in [1.29, 1.82) is 0 Å². The van der Waals surface area contributed by atoms with Crippen LogP contribution in [0.15, 0.2) is 72.8 Å². The number of rotatable bonds is 5. The molecule has 0 aliphatic heterocycles. The van der Waals surface area contributed by atoms with Crippen LogP contribution in [0.1, 0.15) is 46.7 Å². The molecule has 0 spiro atoms. The van der Waals surface area contributed by atoms with Crippen LogP contribution >= 0.6 is 0 Å². The maximum absolute atomic E-state index is 14.7. The van der Waals surface area contributed by atoms with Gasteiger partial charge in [-0.25, -0.2) is 8.78 Å². The molecule has 0 aliphatic carbocycles. The zero-order valence-corrected chi connectivity index (χ0v) is 16.3. The Bertz CT molecular complexity index is 954. The van der Waals surface area contributed by atoms with Crippen molar-refractivity contribution in [3.63, 3.8) is 0 Å². The topological polar surface area (TPSA) is 0 Å². The van der Waals surface area contributed by atoms with Gasteiger partial charge < -0.3 is 0 Å². The van der Waals surface area contributed by atoms with E-state index >= 15 is 0 Å². The summed E-state index contributed by atoms with van der Waals surface area (Å²) >= 11 is 0. The van der Waals surface area contributed by atoms with Crippen LogP contribution in [0.4, 0.5) is 8.78 Å². The monoisotopic (exact) mass is 374 g/mol. The van der Waals surface area contributed by atoms with Crippen molar-refractivity contribution in [2.75, 3.05) is 0 Å². The standard InChI is InChI=1S/C26H24F2/c1-3-4-21-11-13-24(14-12-21)19-26(27,28)25-17-15-23(16-18-25)10-9-22-7-5-20(2)6-8-22/h5-8,11-18H,3-4,19H2,1-2H3. The second kappa shape index (κ2) is 8.85.